The minimum Gasteiger partial charge on any atom is -0.463 e. The number of alkyl halides is 3. The summed E-state index contributed by atoms with van der Waals surface area (Å²) in [6, 6.07) is -1.22. The van der Waals surface area contributed by atoms with Crippen molar-refractivity contribution in [3.63, 3.8) is 0 Å². The summed E-state index contributed by atoms with van der Waals surface area (Å²) < 4.78 is 59.5. The number of hydrogen-bond donors (Lipinski definition) is 0. The Bertz CT molecular complexity index is 624. The molecule has 0 aromatic rings. The van der Waals surface area contributed by atoms with E-state index >= 15 is 0 Å². The van der Waals surface area contributed by atoms with Crippen LogP contribution in [0.1, 0.15) is 20.8 Å². The summed E-state index contributed by atoms with van der Waals surface area (Å²) in [5.74, 6) is -2.22. The van der Waals surface area contributed by atoms with E-state index in [-0.39, 0.29) is 0 Å². The van der Waals surface area contributed by atoms with Crippen LogP contribution in [0.4, 0.5) is 13.2 Å². The molecule has 0 saturated carbocycles. The van der Waals surface area contributed by atoms with Crippen LogP contribution in [0.2, 0.25) is 0 Å². The summed E-state index contributed by atoms with van der Waals surface area (Å²) in [5.41, 5.74) is -1.14. The summed E-state index contributed by atoms with van der Waals surface area (Å²) in [5, 5.41) is -1.14. The van der Waals surface area contributed by atoms with Crippen LogP contribution in [0.25, 0.3) is 0 Å². The smallest absolute Gasteiger partial charge is 0.439 e. The Balaban J connectivity index is 2.34. The third kappa shape index (κ3) is 4.87. The molecule has 1 saturated heterocycles. The topological polar surface area (TPSA) is 100 Å². The van der Waals surface area contributed by atoms with E-state index in [0.29, 0.717) is 11.8 Å². The fraction of sp³-hybridized carbons (Fsp3) is 0.714. The molecule has 26 heavy (non-hydrogen) atoms. The zero-order valence-electron chi connectivity index (χ0n) is 13.9. The minimum absolute atomic E-state index is 0.322. The second-order valence-corrected chi connectivity index (χ2v) is 6.62. The first kappa shape index (κ1) is 20.5. The van der Waals surface area contributed by atoms with Crippen molar-refractivity contribution in [2.75, 3.05) is 6.61 Å². The molecule has 5 atom stereocenters. The predicted octanol–water partition coefficient (Wildman–Crippen LogP) is 1.21. The highest BCUT2D eigenvalue weighted by atomic mass is 32.2. The van der Waals surface area contributed by atoms with Crippen molar-refractivity contribution in [3.8, 4) is 0 Å². The number of rotatable bonds is 4. The summed E-state index contributed by atoms with van der Waals surface area (Å²) in [7, 11) is 0. The molecule has 2 heterocycles. The van der Waals surface area contributed by atoms with Crippen molar-refractivity contribution in [2.45, 2.75) is 56.7 Å². The summed E-state index contributed by atoms with van der Waals surface area (Å²) in [6.45, 7) is 2.88. The number of ether oxygens (including phenoxy) is 4. The maximum Gasteiger partial charge on any atom is 0.439 e. The molecule has 12 heteroatoms. The number of fused-ring (bicyclic) bond motifs is 1. The van der Waals surface area contributed by atoms with E-state index in [9.17, 15) is 27.6 Å². The minimum atomic E-state index is -4.70. The van der Waals surface area contributed by atoms with Gasteiger partial charge in [0.25, 0.3) is 0 Å². The second-order valence-electron chi connectivity index (χ2n) is 5.53. The fourth-order valence-corrected chi connectivity index (χ4v) is 3.62. The van der Waals surface area contributed by atoms with Gasteiger partial charge in [-0.1, -0.05) is 11.8 Å². The number of aliphatic imine (C=N–C) groups is 1. The molecule has 2 rings (SSSR count). The predicted molar refractivity (Wildman–Crippen MR) is 81.3 cm³/mol. The average Bonchev–Trinajstić information content (AvgIpc) is 2.90. The van der Waals surface area contributed by atoms with Crippen LogP contribution in [-0.2, 0) is 33.3 Å². The largest absolute Gasteiger partial charge is 0.463 e. The molecule has 0 aromatic heterocycles. The first-order valence-corrected chi connectivity index (χ1v) is 8.32. The highest BCUT2D eigenvalue weighted by Gasteiger charge is 2.56. The number of carbonyl (C=O) groups is 3. The molecular formula is C14H16F3NO7S. The highest BCUT2D eigenvalue weighted by Crippen LogP contribution is 2.43. The van der Waals surface area contributed by atoms with Gasteiger partial charge in [0.05, 0.1) is 0 Å². The quantitative estimate of drug-likeness (QED) is 0.514. The zero-order chi connectivity index (χ0) is 19.6. The van der Waals surface area contributed by atoms with E-state index in [1.807, 2.05) is 0 Å². The van der Waals surface area contributed by atoms with Crippen molar-refractivity contribution in [1.82, 2.24) is 0 Å². The molecule has 0 aliphatic carbocycles. The summed E-state index contributed by atoms with van der Waals surface area (Å²) in [4.78, 5) is 37.4. The van der Waals surface area contributed by atoms with Crippen LogP contribution >= 0.6 is 11.8 Å². The van der Waals surface area contributed by atoms with E-state index in [2.05, 4.69) is 4.99 Å². The molecule has 2 aliphatic rings. The van der Waals surface area contributed by atoms with Gasteiger partial charge in [0, 0.05) is 20.8 Å². The van der Waals surface area contributed by atoms with Crippen molar-refractivity contribution < 1.29 is 46.5 Å². The SMILES string of the molecule is CC(=O)OC[C@H]1O[C@@H]2SC(C(F)(F)F)=N[C@@H]2[C@@H](OC(C)=O)[C@@H]1OC(C)=O. The Kier molecular flexibility index (Phi) is 6.17. The lowest BCUT2D eigenvalue weighted by atomic mass is 9.98. The standard InChI is InChI=1S/C14H16F3NO7S/c1-5(19)22-4-8-10(23-6(2)20)11(24-7(3)21)9-12(25-8)26-13(18-9)14(15,16)17/h8-12H,4H2,1-3H3/t8-,9-,10-,11-,12-/m1/s1. The zero-order valence-corrected chi connectivity index (χ0v) is 14.8. The first-order chi connectivity index (χ1) is 12.0. The van der Waals surface area contributed by atoms with Gasteiger partial charge in [-0.2, -0.15) is 13.2 Å². The number of hydrogen-bond acceptors (Lipinski definition) is 9. The van der Waals surface area contributed by atoms with Crippen LogP contribution in [0.15, 0.2) is 4.99 Å². The van der Waals surface area contributed by atoms with E-state index < -0.39 is 65.5 Å². The Morgan fingerprint density at radius 1 is 1.08 bits per heavy atom. The third-order valence-electron chi connectivity index (χ3n) is 3.41. The average molecular weight is 399 g/mol. The van der Waals surface area contributed by atoms with E-state index in [0.717, 1.165) is 20.8 Å². The van der Waals surface area contributed by atoms with Gasteiger partial charge >= 0.3 is 24.1 Å². The first-order valence-electron chi connectivity index (χ1n) is 7.44. The Morgan fingerprint density at radius 3 is 2.15 bits per heavy atom. The molecule has 0 radical (unpaired) electrons. The number of halogens is 3. The van der Waals surface area contributed by atoms with Gasteiger partial charge in [-0.15, -0.1) is 0 Å². The molecule has 0 N–H and O–H groups in total. The normalized spacial score (nSPS) is 30.8. The number of carbonyl (C=O) groups excluding carboxylic acids is 3. The molecule has 0 amide bonds. The molecule has 146 valence electrons. The Hall–Kier alpha value is -1.82. The number of nitrogens with zero attached hydrogens (tertiary/aromatic N) is 1. The van der Waals surface area contributed by atoms with Gasteiger partial charge in [0.1, 0.15) is 24.2 Å². The maximum atomic E-state index is 13.0. The monoisotopic (exact) mass is 399 g/mol. The highest BCUT2D eigenvalue weighted by molar-refractivity contribution is 8.14. The van der Waals surface area contributed by atoms with Crippen LogP contribution < -0.4 is 0 Å². The lowest BCUT2D eigenvalue weighted by molar-refractivity contribution is -0.208. The molecular weight excluding hydrogens is 383 g/mol. The number of thioether (sulfide) groups is 1. The van der Waals surface area contributed by atoms with Crippen LogP contribution in [0, 0.1) is 0 Å². The molecule has 8 nitrogen and oxygen atoms in total. The van der Waals surface area contributed by atoms with Crippen LogP contribution in [0.3, 0.4) is 0 Å². The van der Waals surface area contributed by atoms with E-state index in [1.54, 1.807) is 0 Å². The molecule has 0 aromatic carbocycles. The van der Waals surface area contributed by atoms with Gasteiger partial charge in [0.15, 0.2) is 17.3 Å². The van der Waals surface area contributed by atoms with Gasteiger partial charge in [-0.25, -0.2) is 0 Å². The van der Waals surface area contributed by atoms with E-state index in [1.165, 1.54) is 0 Å². The summed E-state index contributed by atoms with van der Waals surface area (Å²) in [6.07, 6.45) is -8.42. The molecule has 0 unspecified atom stereocenters. The van der Waals surface area contributed by atoms with Crippen molar-refractivity contribution in [2.24, 2.45) is 4.99 Å². The van der Waals surface area contributed by atoms with Gasteiger partial charge in [-0.05, 0) is 0 Å². The van der Waals surface area contributed by atoms with Crippen LogP contribution in [0.5, 0.6) is 0 Å². The van der Waals surface area contributed by atoms with Crippen molar-refractivity contribution in [1.29, 1.82) is 0 Å². The Labute approximate surface area is 150 Å². The van der Waals surface area contributed by atoms with Crippen LogP contribution in [-0.4, -0.2) is 65.5 Å². The lowest BCUT2D eigenvalue weighted by Gasteiger charge is -2.41. The van der Waals surface area contributed by atoms with Crippen molar-refractivity contribution in [3.05, 3.63) is 0 Å². The molecule has 1 fully saturated rings. The number of esters is 3. The maximum absolute atomic E-state index is 13.0. The van der Waals surface area contributed by atoms with Gasteiger partial charge in [-0.3, -0.25) is 19.4 Å². The lowest BCUT2D eigenvalue weighted by Crippen LogP contribution is -2.59. The third-order valence-corrected chi connectivity index (χ3v) is 4.59. The Morgan fingerprint density at radius 2 is 1.65 bits per heavy atom. The summed E-state index contributed by atoms with van der Waals surface area (Å²) >= 11 is 0.322. The van der Waals surface area contributed by atoms with Crippen molar-refractivity contribution >= 4 is 34.7 Å². The van der Waals surface area contributed by atoms with Gasteiger partial charge in [0.2, 0.25) is 0 Å². The molecule has 0 spiro atoms. The second kappa shape index (κ2) is 7.82. The molecule has 0 bridgehead atoms. The van der Waals surface area contributed by atoms with Gasteiger partial charge < -0.3 is 18.9 Å². The molecule has 2 aliphatic heterocycles. The van der Waals surface area contributed by atoms with E-state index in [4.69, 9.17) is 18.9 Å². The fourth-order valence-electron chi connectivity index (χ4n) is 2.54.